The zero-order valence-electron chi connectivity index (χ0n) is 12.5. The van der Waals surface area contributed by atoms with Crippen LogP contribution in [0.3, 0.4) is 0 Å². The third-order valence-corrected chi connectivity index (χ3v) is 3.34. The predicted octanol–water partition coefficient (Wildman–Crippen LogP) is 2.98. The maximum atomic E-state index is 12.8. The molecule has 8 heteroatoms. The Kier molecular flexibility index (Phi) is 4.66. The Morgan fingerprint density at radius 2 is 2.05 bits per heavy atom. The third kappa shape index (κ3) is 3.44. The van der Waals surface area contributed by atoms with Gasteiger partial charge in [-0.05, 0) is 14.0 Å². The topological polar surface area (TPSA) is 60.0 Å². The van der Waals surface area contributed by atoms with Gasteiger partial charge in [0.1, 0.15) is 5.82 Å². The van der Waals surface area contributed by atoms with Crippen molar-refractivity contribution in [3.8, 4) is 0 Å². The highest BCUT2D eigenvalue weighted by atomic mass is 19.3. The van der Waals surface area contributed by atoms with Crippen LogP contribution in [0.15, 0.2) is 16.9 Å². The fraction of sp³-hybridized carbons (Fsp3) is 0.615. The van der Waals surface area contributed by atoms with Crippen LogP contribution in [0.25, 0.3) is 0 Å². The molecule has 0 aliphatic heterocycles. The number of aromatic nitrogens is 4. The van der Waals surface area contributed by atoms with Gasteiger partial charge in [0.05, 0.1) is 12.6 Å². The van der Waals surface area contributed by atoms with Crippen molar-refractivity contribution in [3.05, 3.63) is 29.9 Å². The summed E-state index contributed by atoms with van der Waals surface area (Å²) in [4.78, 5) is 10.1. The second kappa shape index (κ2) is 6.30. The quantitative estimate of drug-likeness (QED) is 0.820. The summed E-state index contributed by atoms with van der Waals surface area (Å²) in [6, 6.07) is -0.187. The van der Waals surface area contributed by atoms with Crippen molar-refractivity contribution in [1.29, 1.82) is 0 Å². The van der Waals surface area contributed by atoms with Crippen molar-refractivity contribution in [2.24, 2.45) is 0 Å². The summed E-state index contributed by atoms with van der Waals surface area (Å²) < 4.78 is 31.7. The van der Waals surface area contributed by atoms with E-state index in [9.17, 15) is 8.78 Å². The number of alkyl halides is 2. The van der Waals surface area contributed by atoms with Crippen molar-refractivity contribution in [1.82, 2.24) is 24.6 Å². The molecule has 2 rings (SSSR count). The molecule has 0 saturated carbocycles. The molecule has 0 N–H and O–H groups in total. The van der Waals surface area contributed by atoms with E-state index >= 15 is 0 Å². The second-order valence-electron chi connectivity index (χ2n) is 5.27. The van der Waals surface area contributed by atoms with Crippen LogP contribution in [0.4, 0.5) is 8.78 Å². The van der Waals surface area contributed by atoms with Gasteiger partial charge in [0.15, 0.2) is 5.82 Å². The van der Waals surface area contributed by atoms with E-state index in [1.807, 2.05) is 25.7 Å². The third-order valence-electron chi connectivity index (χ3n) is 3.34. The molecule has 1 atom stereocenters. The molecule has 0 aliphatic carbocycles. The summed E-state index contributed by atoms with van der Waals surface area (Å²) in [7, 11) is 1.80. The SMILES string of the molecule is CC(C)c1noc([C@H](C)N(C)Cc2nccn2C(F)F)n1. The van der Waals surface area contributed by atoms with E-state index in [0.29, 0.717) is 17.5 Å². The number of hydrogen-bond donors (Lipinski definition) is 0. The van der Waals surface area contributed by atoms with Crippen LogP contribution in [0.5, 0.6) is 0 Å². The molecule has 0 aliphatic rings. The number of rotatable bonds is 6. The number of nitrogens with zero attached hydrogens (tertiary/aromatic N) is 5. The molecular formula is C13H19F2N5O. The maximum Gasteiger partial charge on any atom is 0.319 e. The maximum absolute atomic E-state index is 12.8. The van der Waals surface area contributed by atoms with Crippen molar-refractivity contribution < 1.29 is 13.3 Å². The van der Waals surface area contributed by atoms with Gasteiger partial charge in [0.2, 0.25) is 5.89 Å². The van der Waals surface area contributed by atoms with Gasteiger partial charge in [0, 0.05) is 18.3 Å². The van der Waals surface area contributed by atoms with Gasteiger partial charge in [0.25, 0.3) is 0 Å². The van der Waals surface area contributed by atoms with Gasteiger partial charge in [-0.2, -0.15) is 13.8 Å². The Morgan fingerprint density at radius 3 is 2.62 bits per heavy atom. The van der Waals surface area contributed by atoms with Crippen LogP contribution in [-0.4, -0.2) is 31.6 Å². The van der Waals surface area contributed by atoms with Crippen LogP contribution in [0.1, 0.15) is 56.8 Å². The molecule has 21 heavy (non-hydrogen) atoms. The van der Waals surface area contributed by atoms with Crippen molar-refractivity contribution in [2.45, 2.75) is 45.8 Å². The molecule has 0 aromatic carbocycles. The Labute approximate surface area is 121 Å². The summed E-state index contributed by atoms with van der Waals surface area (Å²) in [5.74, 6) is 1.58. The Bertz CT molecular complexity index is 581. The molecule has 0 radical (unpaired) electrons. The van der Waals surface area contributed by atoms with Crippen molar-refractivity contribution in [3.63, 3.8) is 0 Å². The molecule has 0 spiro atoms. The first-order valence-corrected chi connectivity index (χ1v) is 6.73. The Morgan fingerprint density at radius 1 is 1.33 bits per heavy atom. The molecule has 0 unspecified atom stereocenters. The fourth-order valence-electron chi connectivity index (χ4n) is 1.84. The monoisotopic (exact) mass is 299 g/mol. The van der Waals surface area contributed by atoms with Gasteiger partial charge >= 0.3 is 6.55 Å². The molecule has 116 valence electrons. The normalized spacial score (nSPS) is 13.6. The zero-order valence-corrected chi connectivity index (χ0v) is 12.5. The minimum atomic E-state index is -2.60. The van der Waals surface area contributed by atoms with E-state index < -0.39 is 6.55 Å². The van der Waals surface area contributed by atoms with Gasteiger partial charge < -0.3 is 4.52 Å². The predicted molar refractivity (Wildman–Crippen MR) is 71.7 cm³/mol. The molecule has 2 heterocycles. The second-order valence-corrected chi connectivity index (χ2v) is 5.27. The molecule has 0 saturated heterocycles. The lowest BCUT2D eigenvalue weighted by Crippen LogP contribution is -2.24. The average Bonchev–Trinajstić information content (AvgIpc) is 3.06. The fourth-order valence-corrected chi connectivity index (χ4v) is 1.84. The van der Waals surface area contributed by atoms with E-state index in [1.54, 1.807) is 7.05 Å². The molecule has 0 fully saturated rings. The van der Waals surface area contributed by atoms with E-state index in [0.717, 1.165) is 4.57 Å². The molecule has 0 bridgehead atoms. The van der Waals surface area contributed by atoms with E-state index in [4.69, 9.17) is 4.52 Å². The highest BCUT2D eigenvalue weighted by Crippen LogP contribution is 2.22. The lowest BCUT2D eigenvalue weighted by Gasteiger charge is -2.21. The number of imidazole rings is 1. The van der Waals surface area contributed by atoms with Crippen LogP contribution < -0.4 is 0 Å². The first kappa shape index (κ1) is 15.6. The van der Waals surface area contributed by atoms with E-state index in [-0.39, 0.29) is 18.5 Å². The molecule has 2 aromatic rings. The lowest BCUT2D eigenvalue weighted by atomic mass is 10.2. The number of hydrogen-bond acceptors (Lipinski definition) is 5. The molecule has 6 nitrogen and oxygen atoms in total. The van der Waals surface area contributed by atoms with Crippen LogP contribution in [0, 0.1) is 0 Å². The molecular weight excluding hydrogens is 280 g/mol. The van der Waals surface area contributed by atoms with Gasteiger partial charge in [-0.15, -0.1) is 0 Å². The summed E-state index contributed by atoms with van der Waals surface area (Å²) in [5, 5.41) is 3.91. The molecule has 2 aromatic heterocycles. The van der Waals surface area contributed by atoms with E-state index in [2.05, 4.69) is 15.1 Å². The average molecular weight is 299 g/mol. The summed E-state index contributed by atoms with van der Waals surface area (Å²) in [6.07, 6.45) is 2.63. The molecule has 0 amide bonds. The highest BCUT2D eigenvalue weighted by Gasteiger charge is 2.22. The minimum absolute atomic E-state index is 0.178. The van der Waals surface area contributed by atoms with Gasteiger partial charge in [-0.3, -0.25) is 9.47 Å². The summed E-state index contributed by atoms with van der Waals surface area (Å²) >= 11 is 0. The lowest BCUT2D eigenvalue weighted by molar-refractivity contribution is 0.0630. The van der Waals surface area contributed by atoms with Gasteiger partial charge in [-0.25, -0.2) is 4.98 Å². The Balaban J connectivity index is 2.08. The van der Waals surface area contributed by atoms with Gasteiger partial charge in [-0.1, -0.05) is 19.0 Å². The van der Waals surface area contributed by atoms with E-state index in [1.165, 1.54) is 12.4 Å². The first-order chi connectivity index (χ1) is 9.90. The minimum Gasteiger partial charge on any atom is -0.338 e. The summed E-state index contributed by atoms with van der Waals surface area (Å²) in [6.45, 7) is 3.50. The Hall–Kier alpha value is -1.83. The zero-order chi connectivity index (χ0) is 15.6. The number of halogens is 2. The smallest absolute Gasteiger partial charge is 0.319 e. The van der Waals surface area contributed by atoms with Crippen molar-refractivity contribution in [2.75, 3.05) is 7.05 Å². The van der Waals surface area contributed by atoms with Crippen molar-refractivity contribution >= 4 is 0 Å². The van der Waals surface area contributed by atoms with Crippen LogP contribution in [-0.2, 0) is 6.54 Å². The standard InChI is InChI=1S/C13H19F2N5O/c1-8(2)11-17-12(21-18-11)9(3)19(4)7-10-16-5-6-20(10)13(14)15/h5-6,8-9,13H,7H2,1-4H3/t9-/m0/s1. The summed E-state index contributed by atoms with van der Waals surface area (Å²) in [5.41, 5.74) is 0. The largest absolute Gasteiger partial charge is 0.338 e. The highest BCUT2D eigenvalue weighted by molar-refractivity contribution is 4.98. The van der Waals surface area contributed by atoms with Crippen LogP contribution in [0.2, 0.25) is 0 Å². The van der Waals surface area contributed by atoms with Crippen LogP contribution >= 0.6 is 0 Å². The first-order valence-electron chi connectivity index (χ1n) is 6.73.